The van der Waals surface area contributed by atoms with E-state index in [0.717, 1.165) is 11.2 Å². The second-order valence-electron chi connectivity index (χ2n) is 3.49. The number of nitrogens with zero attached hydrogens (tertiary/aromatic N) is 1. The van der Waals surface area contributed by atoms with Gasteiger partial charge >= 0.3 is 35.6 Å². The van der Waals surface area contributed by atoms with Crippen molar-refractivity contribution >= 4 is 37.6 Å². The molecule has 0 fully saturated rings. The normalized spacial score (nSPS) is 8.22. The summed E-state index contributed by atoms with van der Waals surface area (Å²) in [6.07, 6.45) is 0. The van der Waals surface area contributed by atoms with Gasteiger partial charge in [-0.15, -0.1) is 0 Å². The molecular weight excluding hydrogens is 300 g/mol. The van der Waals surface area contributed by atoms with Gasteiger partial charge in [-0.1, -0.05) is 23.7 Å². The van der Waals surface area contributed by atoms with Gasteiger partial charge < -0.3 is 4.90 Å². The van der Waals surface area contributed by atoms with Crippen LogP contribution in [0, 0.1) is 0 Å². The number of hydrogen-bond acceptors (Lipinski definition) is 1. The Bertz CT molecular complexity index is 376. The molecule has 0 unspecified atom stereocenters. The Morgan fingerprint density at radius 3 is 1.83 bits per heavy atom. The number of anilines is 1. The van der Waals surface area contributed by atoms with E-state index in [0.29, 0.717) is 0 Å². The number of benzene rings is 1. The summed E-state index contributed by atoms with van der Waals surface area (Å²) in [5.74, 6) is 0. The van der Waals surface area contributed by atoms with Gasteiger partial charge in [0.1, 0.15) is 7.85 Å². The van der Waals surface area contributed by atoms with Crippen LogP contribution in [0.25, 0.3) is 0 Å². The van der Waals surface area contributed by atoms with Crippen LogP contribution in [0.4, 0.5) is 5.69 Å². The minimum atomic E-state index is -0.556. The third-order valence-electron chi connectivity index (χ3n) is 1.97. The van der Waals surface area contributed by atoms with Gasteiger partial charge in [0.25, 0.3) is 0 Å². The maximum Gasteiger partial charge on any atom is -0.172 e. The molecule has 0 bridgehead atoms. The van der Waals surface area contributed by atoms with E-state index in [9.17, 15) is 0 Å². The molecule has 0 aromatic heterocycles. The summed E-state index contributed by atoms with van der Waals surface area (Å²) >= 11 is -0.556. The van der Waals surface area contributed by atoms with Crippen LogP contribution >= 0.6 is 18.6 Å². The van der Waals surface area contributed by atoms with Gasteiger partial charge in [0.05, 0.1) is 0 Å². The summed E-state index contributed by atoms with van der Waals surface area (Å²) in [5.41, 5.74) is 1.90. The van der Waals surface area contributed by atoms with E-state index >= 15 is 0 Å². The maximum absolute atomic E-state index is 5.68. The molecule has 0 N–H and O–H groups in total. The fourth-order valence-electron chi connectivity index (χ4n) is 1.22. The summed E-state index contributed by atoms with van der Waals surface area (Å²) in [5, 5.41) is 0. The van der Waals surface area contributed by atoms with Gasteiger partial charge in [-0.05, 0) is 6.07 Å². The molecule has 0 aliphatic heterocycles. The first-order valence-corrected chi connectivity index (χ1v) is 9.58. The van der Waals surface area contributed by atoms with Crippen molar-refractivity contribution in [1.82, 2.24) is 0 Å². The van der Waals surface area contributed by atoms with Crippen molar-refractivity contribution in [2.24, 2.45) is 0 Å². The molecule has 0 saturated heterocycles. The molecule has 94 valence electrons. The Hall–Kier alpha value is -0.271. The average Bonchev–Trinajstić information content (AvgIpc) is 2.89. The number of hydrogen-bond donors (Lipinski definition) is 0. The van der Waals surface area contributed by atoms with E-state index in [1.165, 1.54) is 0 Å². The monoisotopic (exact) mass is 314 g/mol. The molecular formula is C13H15BCl2NTi-. The molecule has 2 rings (SSSR count). The zero-order chi connectivity index (χ0) is 13.8. The molecule has 0 spiro atoms. The summed E-state index contributed by atoms with van der Waals surface area (Å²) < 4.78 is 0. The van der Waals surface area contributed by atoms with Crippen LogP contribution in [0.15, 0.2) is 54.6 Å². The molecule has 18 heavy (non-hydrogen) atoms. The van der Waals surface area contributed by atoms with E-state index in [-0.39, 0.29) is 0 Å². The van der Waals surface area contributed by atoms with Gasteiger partial charge in [0.2, 0.25) is 0 Å². The maximum atomic E-state index is 5.68. The van der Waals surface area contributed by atoms with Crippen molar-refractivity contribution in [2.75, 3.05) is 19.0 Å². The van der Waals surface area contributed by atoms with E-state index in [1.807, 2.05) is 73.6 Å². The van der Waals surface area contributed by atoms with Crippen molar-refractivity contribution in [2.45, 2.75) is 0 Å². The number of rotatable bonds is 1. The smallest absolute Gasteiger partial charge is 0.172 e. The fourth-order valence-corrected chi connectivity index (χ4v) is 1.22. The molecule has 0 saturated carbocycles. The molecule has 2 aromatic carbocycles. The first-order chi connectivity index (χ1) is 8.63. The molecule has 0 aliphatic rings. The van der Waals surface area contributed by atoms with Gasteiger partial charge in [-0.3, -0.25) is 0 Å². The zero-order valence-corrected chi connectivity index (χ0v) is 13.6. The Labute approximate surface area is 128 Å². The van der Waals surface area contributed by atoms with Crippen LogP contribution in [0.5, 0.6) is 0 Å². The van der Waals surface area contributed by atoms with Crippen LogP contribution in [-0.2, 0) is 17.0 Å². The largest absolute Gasteiger partial charge is 0.214 e. The molecule has 0 atom stereocenters. The SMILES string of the molecule is [B]c1ccccc1N(C)C.[Cl][Ti][Cl].c1cc[cH-]c1. The Morgan fingerprint density at radius 2 is 1.56 bits per heavy atom. The standard InChI is InChI=1S/C8H10BN.C5H5.2ClH.Ti/c1-10(2)8-6-4-3-5-7(8)9;1-2-4-5-3-1;;;/h3-6H,1-2H3;1-5H;2*1H;/q;-1;;;+2/p-2. The fraction of sp³-hybridized carbons (Fsp3) is 0.154. The van der Waals surface area contributed by atoms with Crippen LogP contribution in [0.2, 0.25) is 0 Å². The van der Waals surface area contributed by atoms with Crippen LogP contribution in [0.3, 0.4) is 0 Å². The van der Waals surface area contributed by atoms with Crippen LogP contribution < -0.4 is 10.4 Å². The van der Waals surface area contributed by atoms with Crippen LogP contribution in [-0.4, -0.2) is 21.9 Å². The molecule has 1 nitrogen and oxygen atoms in total. The Balaban J connectivity index is 0.000000301. The van der Waals surface area contributed by atoms with Crippen LogP contribution in [0.1, 0.15) is 0 Å². The van der Waals surface area contributed by atoms with Gasteiger partial charge in [-0.25, -0.2) is 12.1 Å². The summed E-state index contributed by atoms with van der Waals surface area (Å²) in [6.45, 7) is 0. The van der Waals surface area contributed by atoms with Crippen molar-refractivity contribution in [3.8, 4) is 0 Å². The average molecular weight is 315 g/mol. The predicted molar refractivity (Wildman–Crippen MR) is 79.9 cm³/mol. The second-order valence-corrected chi connectivity index (χ2v) is 6.07. The van der Waals surface area contributed by atoms with E-state index < -0.39 is 17.0 Å². The Morgan fingerprint density at radius 1 is 1.06 bits per heavy atom. The van der Waals surface area contributed by atoms with Gasteiger partial charge in [-0.2, -0.15) is 18.2 Å². The predicted octanol–water partition coefficient (Wildman–Crippen LogP) is 3.33. The molecule has 2 aromatic rings. The van der Waals surface area contributed by atoms with Crippen molar-refractivity contribution in [1.29, 1.82) is 0 Å². The van der Waals surface area contributed by atoms with E-state index in [2.05, 4.69) is 0 Å². The summed E-state index contributed by atoms with van der Waals surface area (Å²) in [7, 11) is 19.4. The molecule has 0 aliphatic carbocycles. The van der Waals surface area contributed by atoms with Crippen molar-refractivity contribution < 1.29 is 17.0 Å². The summed E-state index contributed by atoms with van der Waals surface area (Å²) in [4.78, 5) is 2.00. The second kappa shape index (κ2) is 11.8. The first kappa shape index (κ1) is 17.7. The third kappa shape index (κ3) is 8.77. The quantitative estimate of drug-likeness (QED) is 0.576. The minimum absolute atomic E-state index is 0.556. The molecule has 0 amide bonds. The molecule has 0 heterocycles. The summed E-state index contributed by atoms with van der Waals surface area (Å²) in [6, 6.07) is 17.8. The third-order valence-corrected chi connectivity index (χ3v) is 1.97. The van der Waals surface area contributed by atoms with E-state index in [1.54, 1.807) is 0 Å². The van der Waals surface area contributed by atoms with Gasteiger partial charge in [0.15, 0.2) is 0 Å². The Kier molecular flexibility index (Phi) is 11.6. The minimum Gasteiger partial charge on any atom is -0.214 e. The number of para-hydroxylation sites is 1. The van der Waals surface area contributed by atoms with E-state index in [4.69, 9.17) is 26.5 Å². The van der Waals surface area contributed by atoms with Crippen molar-refractivity contribution in [3.63, 3.8) is 0 Å². The number of halogens is 2. The van der Waals surface area contributed by atoms with Crippen molar-refractivity contribution in [3.05, 3.63) is 54.6 Å². The first-order valence-electron chi connectivity index (χ1n) is 5.28. The zero-order valence-electron chi connectivity index (χ0n) is 10.5. The topological polar surface area (TPSA) is 3.24 Å². The molecule has 5 heteroatoms. The molecule has 2 radical (unpaired) electrons. The van der Waals surface area contributed by atoms with Gasteiger partial charge in [0, 0.05) is 19.8 Å².